The minimum atomic E-state index is -0.181. The SMILES string of the molecule is CCCCC(CN)NC(=O)C1CCNC(=O)C1. The number of hydrogen-bond donors (Lipinski definition) is 3. The van der Waals surface area contributed by atoms with Gasteiger partial charge in [0.15, 0.2) is 0 Å². The van der Waals surface area contributed by atoms with Crippen LogP contribution in [-0.4, -0.2) is 30.9 Å². The standard InChI is InChI=1S/C12H23N3O2/c1-2-3-4-10(8-13)15-12(17)9-5-6-14-11(16)7-9/h9-10H,2-8,13H2,1H3,(H,14,16)(H,15,17). The molecular formula is C12H23N3O2. The van der Waals surface area contributed by atoms with Gasteiger partial charge in [-0.1, -0.05) is 19.8 Å². The lowest BCUT2D eigenvalue weighted by Gasteiger charge is -2.24. The van der Waals surface area contributed by atoms with Crippen LogP contribution in [0.4, 0.5) is 0 Å². The van der Waals surface area contributed by atoms with E-state index in [9.17, 15) is 9.59 Å². The van der Waals surface area contributed by atoms with Gasteiger partial charge in [-0.25, -0.2) is 0 Å². The van der Waals surface area contributed by atoms with Gasteiger partial charge in [-0.3, -0.25) is 9.59 Å². The quantitative estimate of drug-likeness (QED) is 0.618. The third-order valence-electron chi connectivity index (χ3n) is 3.15. The van der Waals surface area contributed by atoms with Crippen molar-refractivity contribution in [2.24, 2.45) is 11.7 Å². The van der Waals surface area contributed by atoms with Crippen molar-refractivity contribution < 1.29 is 9.59 Å². The lowest BCUT2D eigenvalue weighted by Crippen LogP contribution is -2.46. The third-order valence-corrected chi connectivity index (χ3v) is 3.15. The summed E-state index contributed by atoms with van der Waals surface area (Å²) in [7, 11) is 0. The minimum absolute atomic E-state index is 0.0218. The van der Waals surface area contributed by atoms with Gasteiger partial charge >= 0.3 is 0 Å². The largest absolute Gasteiger partial charge is 0.356 e. The smallest absolute Gasteiger partial charge is 0.223 e. The highest BCUT2D eigenvalue weighted by atomic mass is 16.2. The van der Waals surface area contributed by atoms with E-state index >= 15 is 0 Å². The van der Waals surface area contributed by atoms with Crippen LogP contribution < -0.4 is 16.4 Å². The van der Waals surface area contributed by atoms with Crippen molar-refractivity contribution in [3.8, 4) is 0 Å². The van der Waals surface area contributed by atoms with E-state index in [1.54, 1.807) is 0 Å². The van der Waals surface area contributed by atoms with Crippen molar-refractivity contribution in [1.29, 1.82) is 0 Å². The van der Waals surface area contributed by atoms with Crippen molar-refractivity contribution in [3.05, 3.63) is 0 Å². The molecule has 0 radical (unpaired) electrons. The van der Waals surface area contributed by atoms with E-state index in [0.29, 0.717) is 19.5 Å². The number of carbonyl (C=O) groups is 2. The van der Waals surface area contributed by atoms with E-state index in [2.05, 4.69) is 17.6 Å². The Morgan fingerprint density at radius 1 is 1.65 bits per heavy atom. The molecule has 5 heteroatoms. The number of hydrogen-bond acceptors (Lipinski definition) is 3. The molecule has 5 nitrogen and oxygen atoms in total. The predicted molar refractivity (Wildman–Crippen MR) is 66.2 cm³/mol. The lowest BCUT2D eigenvalue weighted by atomic mass is 9.96. The van der Waals surface area contributed by atoms with Crippen molar-refractivity contribution in [3.63, 3.8) is 0 Å². The molecule has 0 bridgehead atoms. The van der Waals surface area contributed by atoms with Crippen molar-refractivity contribution in [2.45, 2.75) is 45.1 Å². The summed E-state index contributed by atoms with van der Waals surface area (Å²) in [6.45, 7) is 3.17. The number of amides is 2. The summed E-state index contributed by atoms with van der Waals surface area (Å²) in [5.74, 6) is -0.236. The number of nitrogens with one attached hydrogen (secondary N) is 2. The van der Waals surface area contributed by atoms with Gasteiger partial charge in [-0.05, 0) is 12.8 Å². The first-order chi connectivity index (χ1) is 8.17. The summed E-state index contributed by atoms with van der Waals surface area (Å²) in [5.41, 5.74) is 5.62. The van der Waals surface area contributed by atoms with Crippen LogP contribution in [-0.2, 0) is 9.59 Å². The molecule has 1 rings (SSSR count). The Labute approximate surface area is 103 Å². The summed E-state index contributed by atoms with van der Waals surface area (Å²) in [6.07, 6.45) is 4.10. The Morgan fingerprint density at radius 3 is 3.00 bits per heavy atom. The first-order valence-electron chi connectivity index (χ1n) is 6.44. The van der Waals surface area contributed by atoms with Crippen LogP contribution in [0.1, 0.15) is 39.0 Å². The van der Waals surface area contributed by atoms with E-state index in [0.717, 1.165) is 25.7 Å². The molecule has 0 aromatic heterocycles. The fraction of sp³-hybridized carbons (Fsp3) is 0.833. The number of nitrogens with two attached hydrogens (primary N) is 1. The van der Waals surface area contributed by atoms with Crippen LogP contribution >= 0.6 is 0 Å². The van der Waals surface area contributed by atoms with E-state index in [-0.39, 0.29) is 23.8 Å². The summed E-state index contributed by atoms with van der Waals surface area (Å²) < 4.78 is 0. The Morgan fingerprint density at radius 2 is 2.41 bits per heavy atom. The summed E-state index contributed by atoms with van der Waals surface area (Å²) >= 11 is 0. The molecule has 1 heterocycles. The van der Waals surface area contributed by atoms with Gasteiger partial charge in [0.2, 0.25) is 11.8 Å². The molecule has 2 unspecified atom stereocenters. The molecule has 1 aliphatic heterocycles. The maximum absolute atomic E-state index is 11.9. The van der Waals surface area contributed by atoms with Crippen LogP contribution in [0.3, 0.4) is 0 Å². The second-order valence-electron chi connectivity index (χ2n) is 4.62. The first-order valence-corrected chi connectivity index (χ1v) is 6.44. The van der Waals surface area contributed by atoms with Gasteiger partial charge in [-0.15, -0.1) is 0 Å². The zero-order valence-corrected chi connectivity index (χ0v) is 10.5. The second-order valence-corrected chi connectivity index (χ2v) is 4.62. The molecule has 1 saturated heterocycles. The zero-order valence-electron chi connectivity index (χ0n) is 10.5. The molecule has 1 fully saturated rings. The lowest BCUT2D eigenvalue weighted by molar-refractivity contribution is -0.132. The van der Waals surface area contributed by atoms with E-state index in [4.69, 9.17) is 5.73 Å². The van der Waals surface area contributed by atoms with Gasteiger partial charge in [-0.2, -0.15) is 0 Å². The molecule has 4 N–H and O–H groups in total. The molecule has 2 atom stereocenters. The number of rotatable bonds is 6. The van der Waals surface area contributed by atoms with Gasteiger partial charge in [0.25, 0.3) is 0 Å². The third kappa shape index (κ3) is 4.73. The minimum Gasteiger partial charge on any atom is -0.356 e. The van der Waals surface area contributed by atoms with Crippen LogP contribution in [0.5, 0.6) is 0 Å². The Hall–Kier alpha value is -1.10. The molecule has 0 aromatic rings. The first kappa shape index (κ1) is 14.0. The van der Waals surface area contributed by atoms with Gasteiger partial charge < -0.3 is 16.4 Å². The number of carbonyl (C=O) groups excluding carboxylic acids is 2. The molecule has 0 aliphatic carbocycles. The Bertz CT molecular complexity index is 268. The molecule has 1 aliphatic rings. The molecule has 0 spiro atoms. The van der Waals surface area contributed by atoms with Crippen LogP contribution in [0.2, 0.25) is 0 Å². The maximum Gasteiger partial charge on any atom is 0.223 e. The summed E-state index contributed by atoms with van der Waals surface area (Å²) in [4.78, 5) is 23.1. The highest BCUT2D eigenvalue weighted by molar-refractivity contribution is 5.87. The normalized spacial score (nSPS) is 21.8. The average Bonchev–Trinajstić information content (AvgIpc) is 2.34. The summed E-state index contributed by atoms with van der Waals surface area (Å²) in [5, 5.41) is 5.67. The fourth-order valence-corrected chi connectivity index (χ4v) is 2.03. The topological polar surface area (TPSA) is 84.2 Å². The molecule has 0 saturated carbocycles. The fourth-order valence-electron chi connectivity index (χ4n) is 2.03. The molecule has 17 heavy (non-hydrogen) atoms. The van der Waals surface area contributed by atoms with E-state index in [1.807, 2.05) is 0 Å². The monoisotopic (exact) mass is 241 g/mol. The average molecular weight is 241 g/mol. The van der Waals surface area contributed by atoms with E-state index < -0.39 is 0 Å². The Balaban J connectivity index is 2.37. The number of piperidine rings is 1. The predicted octanol–water partition coefficient (Wildman–Crippen LogP) is 0.146. The second kappa shape index (κ2) is 7.27. The van der Waals surface area contributed by atoms with Crippen molar-refractivity contribution in [2.75, 3.05) is 13.1 Å². The highest BCUT2D eigenvalue weighted by Crippen LogP contribution is 2.13. The van der Waals surface area contributed by atoms with E-state index in [1.165, 1.54) is 0 Å². The van der Waals surface area contributed by atoms with Crippen LogP contribution in [0.15, 0.2) is 0 Å². The summed E-state index contributed by atoms with van der Waals surface area (Å²) in [6, 6.07) is 0.0486. The Kier molecular flexibility index (Phi) is 5.97. The molecular weight excluding hydrogens is 218 g/mol. The maximum atomic E-state index is 11.9. The van der Waals surface area contributed by atoms with Crippen molar-refractivity contribution >= 4 is 11.8 Å². The zero-order chi connectivity index (χ0) is 12.7. The van der Waals surface area contributed by atoms with Gasteiger partial charge in [0.1, 0.15) is 0 Å². The van der Waals surface area contributed by atoms with Crippen molar-refractivity contribution in [1.82, 2.24) is 10.6 Å². The molecule has 98 valence electrons. The van der Waals surface area contributed by atoms with Crippen LogP contribution in [0, 0.1) is 5.92 Å². The highest BCUT2D eigenvalue weighted by Gasteiger charge is 2.26. The van der Waals surface area contributed by atoms with Gasteiger partial charge in [0.05, 0.1) is 0 Å². The number of unbranched alkanes of at least 4 members (excludes halogenated alkanes) is 1. The molecule has 0 aromatic carbocycles. The molecule has 2 amide bonds. The van der Waals surface area contributed by atoms with Crippen LogP contribution in [0.25, 0.3) is 0 Å². The van der Waals surface area contributed by atoms with Gasteiger partial charge in [0, 0.05) is 31.5 Å².